The molecule has 2 nitrogen and oxygen atoms in total. The second-order valence-electron chi connectivity index (χ2n) is 3.81. The molecule has 0 aliphatic carbocycles. The van der Waals surface area contributed by atoms with Gasteiger partial charge < -0.3 is 9.73 Å². The predicted molar refractivity (Wildman–Crippen MR) is 60.6 cm³/mol. The third kappa shape index (κ3) is 2.55. The molecule has 0 radical (unpaired) electrons. The van der Waals surface area contributed by atoms with Crippen LogP contribution in [0.2, 0.25) is 0 Å². The second-order valence-corrected chi connectivity index (χ2v) is 5.09. The molecular weight excluding hydrogens is 194 g/mol. The van der Waals surface area contributed by atoms with Crippen molar-refractivity contribution in [1.29, 1.82) is 0 Å². The van der Waals surface area contributed by atoms with E-state index in [4.69, 9.17) is 4.42 Å². The van der Waals surface area contributed by atoms with Gasteiger partial charge in [-0.1, -0.05) is 0 Å². The lowest BCUT2D eigenvalue weighted by molar-refractivity contribution is 0.520. The molecule has 0 aromatic carbocycles. The normalized spacial score (nSPS) is 22.5. The number of rotatable bonds is 3. The van der Waals surface area contributed by atoms with Crippen molar-refractivity contribution in [3.8, 4) is 0 Å². The van der Waals surface area contributed by atoms with Gasteiger partial charge in [0.2, 0.25) is 0 Å². The van der Waals surface area contributed by atoms with Crippen LogP contribution < -0.4 is 5.32 Å². The molecule has 1 aromatic rings. The standard InChI is InChI=1S/C11H17NOS/c1-9-4-6-13-11(9)8-14-10-3-2-5-12-7-10/h4,6,10,12H,2-3,5,7-8H2,1H3. The molecule has 2 heterocycles. The molecule has 1 aliphatic heterocycles. The maximum absolute atomic E-state index is 5.41. The van der Waals surface area contributed by atoms with Crippen LogP contribution in [-0.2, 0) is 5.75 Å². The van der Waals surface area contributed by atoms with Gasteiger partial charge in [0.1, 0.15) is 5.76 Å². The minimum atomic E-state index is 0.772. The average molecular weight is 211 g/mol. The van der Waals surface area contributed by atoms with Gasteiger partial charge in [0, 0.05) is 11.8 Å². The van der Waals surface area contributed by atoms with Crippen molar-refractivity contribution in [2.45, 2.75) is 30.8 Å². The summed E-state index contributed by atoms with van der Waals surface area (Å²) in [6.45, 7) is 4.46. The van der Waals surface area contributed by atoms with Crippen LogP contribution >= 0.6 is 11.8 Å². The zero-order valence-corrected chi connectivity index (χ0v) is 9.40. The van der Waals surface area contributed by atoms with Gasteiger partial charge in [-0.3, -0.25) is 0 Å². The highest BCUT2D eigenvalue weighted by Crippen LogP contribution is 2.24. The van der Waals surface area contributed by atoms with Crippen molar-refractivity contribution in [2.24, 2.45) is 0 Å². The lowest BCUT2D eigenvalue weighted by Crippen LogP contribution is -2.31. The van der Waals surface area contributed by atoms with E-state index < -0.39 is 0 Å². The van der Waals surface area contributed by atoms with Gasteiger partial charge in [0.05, 0.1) is 12.0 Å². The van der Waals surface area contributed by atoms with Gasteiger partial charge in [0.25, 0.3) is 0 Å². The Balaban J connectivity index is 1.79. The maximum atomic E-state index is 5.41. The van der Waals surface area contributed by atoms with Gasteiger partial charge in [-0.15, -0.1) is 11.8 Å². The van der Waals surface area contributed by atoms with Gasteiger partial charge in [-0.2, -0.15) is 0 Å². The summed E-state index contributed by atoms with van der Waals surface area (Å²) in [5.41, 5.74) is 1.28. The van der Waals surface area contributed by atoms with E-state index in [0.717, 1.165) is 23.3 Å². The SMILES string of the molecule is Cc1ccoc1CSC1CCCNC1. The molecule has 1 aromatic heterocycles. The summed E-state index contributed by atoms with van der Waals surface area (Å²) in [4.78, 5) is 0. The molecule has 0 spiro atoms. The fraction of sp³-hybridized carbons (Fsp3) is 0.636. The summed E-state index contributed by atoms with van der Waals surface area (Å²) in [7, 11) is 0. The Hall–Kier alpha value is -0.410. The Labute approximate surface area is 89.4 Å². The number of furan rings is 1. The third-order valence-corrected chi connectivity index (χ3v) is 3.97. The summed E-state index contributed by atoms with van der Waals surface area (Å²) in [6.07, 6.45) is 4.44. The lowest BCUT2D eigenvalue weighted by Gasteiger charge is -2.21. The fourth-order valence-corrected chi connectivity index (χ4v) is 2.96. The summed E-state index contributed by atoms with van der Waals surface area (Å²) in [5, 5.41) is 4.20. The molecule has 0 amide bonds. The first-order chi connectivity index (χ1) is 6.86. The van der Waals surface area contributed by atoms with Crippen molar-refractivity contribution < 1.29 is 4.42 Å². The molecule has 2 rings (SSSR count). The molecule has 0 bridgehead atoms. The Morgan fingerprint density at radius 3 is 3.21 bits per heavy atom. The van der Waals surface area contributed by atoms with Crippen LogP contribution in [0.1, 0.15) is 24.2 Å². The first-order valence-electron chi connectivity index (χ1n) is 5.21. The van der Waals surface area contributed by atoms with Crippen LogP contribution in [0.4, 0.5) is 0 Å². The van der Waals surface area contributed by atoms with Crippen LogP contribution in [0.25, 0.3) is 0 Å². The van der Waals surface area contributed by atoms with E-state index in [2.05, 4.69) is 12.2 Å². The molecule has 0 saturated carbocycles. The molecule has 1 saturated heterocycles. The lowest BCUT2D eigenvalue weighted by atomic mass is 10.2. The van der Waals surface area contributed by atoms with Crippen LogP contribution in [0, 0.1) is 6.92 Å². The Morgan fingerprint density at radius 1 is 1.64 bits per heavy atom. The Morgan fingerprint density at radius 2 is 2.57 bits per heavy atom. The quantitative estimate of drug-likeness (QED) is 0.832. The van der Waals surface area contributed by atoms with Crippen molar-refractivity contribution >= 4 is 11.8 Å². The molecule has 1 N–H and O–H groups in total. The number of thioether (sulfide) groups is 1. The molecule has 78 valence electrons. The molecule has 1 unspecified atom stereocenters. The van der Waals surface area contributed by atoms with E-state index >= 15 is 0 Å². The van der Waals surface area contributed by atoms with E-state index in [1.165, 1.54) is 24.9 Å². The van der Waals surface area contributed by atoms with Crippen LogP contribution in [0.3, 0.4) is 0 Å². The van der Waals surface area contributed by atoms with Crippen LogP contribution in [0.15, 0.2) is 16.7 Å². The zero-order valence-electron chi connectivity index (χ0n) is 8.58. The summed E-state index contributed by atoms with van der Waals surface area (Å²) >= 11 is 2.01. The maximum Gasteiger partial charge on any atom is 0.116 e. The Kier molecular flexibility index (Phi) is 3.54. The molecule has 1 aliphatic rings. The number of piperidine rings is 1. The zero-order chi connectivity index (χ0) is 9.80. The van der Waals surface area contributed by atoms with Gasteiger partial charge in [0.15, 0.2) is 0 Å². The predicted octanol–water partition coefficient (Wildman–Crippen LogP) is 2.57. The molecular formula is C11H17NOS. The van der Waals surface area contributed by atoms with Gasteiger partial charge >= 0.3 is 0 Å². The minimum Gasteiger partial charge on any atom is -0.468 e. The highest BCUT2D eigenvalue weighted by atomic mass is 32.2. The van der Waals surface area contributed by atoms with Crippen molar-refractivity contribution in [2.75, 3.05) is 13.1 Å². The first-order valence-corrected chi connectivity index (χ1v) is 6.26. The van der Waals surface area contributed by atoms with Crippen LogP contribution in [-0.4, -0.2) is 18.3 Å². The number of hydrogen-bond acceptors (Lipinski definition) is 3. The van der Waals surface area contributed by atoms with E-state index in [1.54, 1.807) is 6.26 Å². The second kappa shape index (κ2) is 4.89. The summed E-state index contributed by atoms with van der Waals surface area (Å²) in [6, 6.07) is 2.04. The largest absolute Gasteiger partial charge is 0.468 e. The summed E-state index contributed by atoms with van der Waals surface area (Å²) in [5.74, 6) is 2.16. The van der Waals surface area contributed by atoms with Crippen LogP contribution in [0.5, 0.6) is 0 Å². The monoisotopic (exact) mass is 211 g/mol. The first kappa shape index (κ1) is 10.1. The highest BCUT2D eigenvalue weighted by Gasteiger charge is 2.14. The molecule has 14 heavy (non-hydrogen) atoms. The number of nitrogens with one attached hydrogen (secondary N) is 1. The van der Waals surface area contributed by atoms with E-state index in [1.807, 2.05) is 17.8 Å². The topological polar surface area (TPSA) is 25.2 Å². The number of hydrogen-bond donors (Lipinski definition) is 1. The molecule has 3 heteroatoms. The smallest absolute Gasteiger partial charge is 0.116 e. The van der Waals surface area contributed by atoms with E-state index in [9.17, 15) is 0 Å². The minimum absolute atomic E-state index is 0.772. The van der Waals surface area contributed by atoms with Gasteiger partial charge in [-0.25, -0.2) is 0 Å². The Bertz CT molecular complexity index is 279. The average Bonchev–Trinajstić information content (AvgIpc) is 2.63. The number of aryl methyl sites for hydroxylation is 1. The molecule has 1 fully saturated rings. The van der Waals surface area contributed by atoms with E-state index in [-0.39, 0.29) is 0 Å². The highest BCUT2D eigenvalue weighted by molar-refractivity contribution is 7.99. The third-order valence-electron chi connectivity index (χ3n) is 2.67. The fourth-order valence-electron chi connectivity index (χ4n) is 1.71. The van der Waals surface area contributed by atoms with Gasteiger partial charge in [-0.05, 0) is 37.9 Å². The molecule has 1 atom stereocenters. The van der Waals surface area contributed by atoms with Crippen molar-refractivity contribution in [1.82, 2.24) is 5.32 Å². The van der Waals surface area contributed by atoms with Crippen molar-refractivity contribution in [3.05, 3.63) is 23.7 Å². The summed E-state index contributed by atoms with van der Waals surface area (Å²) < 4.78 is 5.41. The van der Waals surface area contributed by atoms with Crippen molar-refractivity contribution in [3.63, 3.8) is 0 Å². The van der Waals surface area contributed by atoms with E-state index in [0.29, 0.717) is 0 Å².